The zero-order chi connectivity index (χ0) is 15.9. The fourth-order valence-electron chi connectivity index (χ4n) is 4.08. The lowest BCUT2D eigenvalue weighted by Crippen LogP contribution is -2.42. The third kappa shape index (κ3) is 2.22. The monoisotopic (exact) mass is 302 g/mol. The van der Waals surface area contributed by atoms with Gasteiger partial charge in [0.1, 0.15) is 11.9 Å². The average molecular weight is 302 g/mol. The number of fused-ring (bicyclic) bond motifs is 2. The predicted octanol–water partition coefficient (Wildman–Crippen LogP) is 4.89. The summed E-state index contributed by atoms with van der Waals surface area (Å²) in [7, 11) is 0. The first-order valence-electron chi connectivity index (χ1n) is 8.44. The van der Waals surface area contributed by atoms with Gasteiger partial charge >= 0.3 is 5.97 Å². The van der Waals surface area contributed by atoms with E-state index < -0.39 is 0 Å². The largest absolute Gasteiger partial charge is 0.468 e. The fraction of sp³-hybridized carbons (Fsp3) is 0.632. The quantitative estimate of drug-likeness (QED) is 0.589. The molecule has 3 rings (SSSR count). The first-order chi connectivity index (χ1) is 10.5. The number of furan rings is 1. The summed E-state index contributed by atoms with van der Waals surface area (Å²) in [5.41, 5.74) is 3.48. The normalized spacial score (nSPS) is 30.3. The molecule has 120 valence electrons. The molecule has 0 unspecified atom stereocenters. The Hall–Kier alpha value is -1.51. The summed E-state index contributed by atoms with van der Waals surface area (Å²) in [6.45, 7) is 8.61. The van der Waals surface area contributed by atoms with Crippen LogP contribution in [0.3, 0.4) is 0 Å². The first-order valence-corrected chi connectivity index (χ1v) is 8.44. The number of rotatable bonds is 3. The summed E-state index contributed by atoms with van der Waals surface area (Å²) in [4.78, 5) is 12.2. The van der Waals surface area contributed by atoms with Crippen molar-refractivity contribution in [3.63, 3.8) is 0 Å². The molecule has 1 heterocycles. The number of esters is 1. The van der Waals surface area contributed by atoms with Crippen LogP contribution in [-0.4, -0.2) is 5.97 Å². The second-order valence-electron chi connectivity index (χ2n) is 7.04. The van der Waals surface area contributed by atoms with E-state index >= 15 is 0 Å². The molecule has 0 saturated carbocycles. The van der Waals surface area contributed by atoms with E-state index in [0.717, 1.165) is 42.6 Å². The highest BCUT2D eigenvalue weighted by Crippen LogP contribution is 2.57. The van der Waals surface area contributed by atoms with Crippen molar-refractivity contribution in [2.75, 3.05) is 0 Å². The SMILES string of the molecule is CCCC(=O)O[C@@H]1c2c(C)coc2CC2=CCC[C@H](C)[C@]21C. The molecule has 0 spiro atoms. The van der Waals surface area contributed by atoms with Gasteiger partial charge in [-0.3, -0.25) is 4.79 Å². The van der Waals surface area contributed by atoms with Crippen molar-refractivity contribution in [2.45, 2.75) is 65.9 Å². The Morgan fingerprint density at radius 2 is 2.27 bits per heavy atom. The van der Waals surface area contributed by atoms with Gasteiger partial charge < -0.3 is 9.15 Å². The number of ether oxygens (including phenoxy) is 1. The summed E-state index contributed by atoms with van der Waals surface area (Å²) in [6.07, 6.45) is 8.33. The molecule has 0 N–H and O–H groups in total. The zero-order valence-corrected chi connectivity index (χ0v) is 14.1. The number of aryl methyl sites for hydroxylation is 1. The molecule has 22 heavy (non-hydrogen) atoms. The van der Waals surface area contributed by atoms with Crippen LogP contribution in [0.2, 0.25) is 0 Å². The third-order valence-corrected chi connectivity index (χ3v) is 5.67. The molecule has 0 saturated heterocycles. The number of hydrogen-bond donors (Lipinski definition) is 0. The van der Waals surface area contributed by atoms with Gasteiger partial charge in [0, 0.05) is 23.8 Å². The number of carbonyl (C=O) groups excluding carboxylic acids is 1. The maximum Gasteiger partial charge on any atom is 0.306 e. The Morgan fingerprint density at radius 1 is 1.50 bits per heavy atom. The van der Waals surface area contributed by atoms with E-state index in [0.29, 0.717) is 12.3 Å². The first kappa shape index (κ1) is 15.4. The van der Waals surface area contributed by atoms with Gasteiger partial charge in [-0.25, -0.2) is 0 Å². The van der Waals surface area contributed by atoms with E-state index in [1.54, 1.807) is 6.26 Å². The summed E-state index contributed by atoms with van der Waals surface area (Å²) >= 11 is 0. The molecule has 0 aromatic carbocycles. The van der Waals surface area contributed by atoms with Crippen LogP contribution >= 0.6 is 0 Å². The highest BCUT2D eigenvalue weighted by atomic mass is 16.5. The van der Waals surface area contributed by atoms with Gasteiger partial charge in [0.25, 0.3) is 0 Å². The van der Waals surface area contributed by atoms with Gasteiger partial charge in [0.15, 0.2) is 0 Å². The lowest BCUT2D eigenvalue weighted by Gasteiger charge is -2.48. The second-order valence-corrected chi connectivity index (χ2v) is 7.04. The molecular formula is C19H26O3. The summed E-state index contributed by atoms with van der Waals surface area (Å²) in [6, 6.07) is 0. The predicted molar refractivity (Wildman–Crippen MR) is 85.5 cm³/mol. The van der Waals surface area contributed by atoms with Crippen molar-refractivity contribution in [2.24, 2.45) is 11.3 Å². The smallest absolute Gasteiger partial charge is 0.306 e. The number of allylic oxidation sites excluding steroid dienone is 1. The minimum atomic E-state index is -0.212. The topological polar surface area (TPSA) is 39.4 Å². The lowest BCUT2D eigenvalue weighted by atomic mass is 9.58. The van der Waals surface area contributed by atoms with E-state index in [2.05, 4.69) is 26.8 Å². The standard InChI is InChI=1S/C19H26O3/c1-5-7-16(20)22-18-17-12(2)11-21-15(17)10-14-9-6-8-13(3)19(14,18)4/h9,11,13,18H,5-8,10H2,1-4H3/t13-,18+,19+/m0/s1. The van der Waals surface area contributed by atoms with Gasteiger partial charge in [0.2, 0.25) is 0 Å². The van der Waals surface area contributed by atoms with E-state index in [-0.39, 0.29) is 17.5 Å². The van der Waals surface area contributed by atoms with Crippen molar-refractivity contribution in [1.82, 2.24) is 0 Å². The second kappa shape index (κ2) is 5.60. The highest BCUT2D eigenvalue weighted by molar-refractivity contribution is 5.70. The molecule has 2 aliphatic carbocycles. The average Bonchev–Trinajstić information content (AvgIpc) is 2.83. The van der Waals surface area contributed by atoms with Gasteiger partial charge in [-0.2, -0.15) is 0 Å². The maximum atomic E-state index is 12.2. The van der Waals surface area contributed by atoms with E-state index in [9.17, 15) is 4.79 Å². The third-order valence-electron chi connectivity index (χ3n) is 5.67. The van der Waals surface area contributed by atoms with Crippen molar-refractivity contribution in [3.8, 4) is 0 Å². The highest BCUT2D eigenvalue weighted by Gasteiger charge is 2.51. The Bertz CT molecular complexity index is 610. The Kier molecular flexibility index (Phi) is 3.92. The zero-order valence-electron chi connectivity index (χ0n) is 14.1. The Labute approximate surface area is 132 Å². The van der Waals surface area contributed by atoms with Crippen LogP contribution in [0.5, 0.6) is 0 Å². The van der Waals surface area contributed by atoms with Gasteiger partial charge in [0.05, 0.1) is 6.26 Å². The fourth-order valence-corrected chi connectivity index (χ4v) is 4.08. The van der Waals surface area contributed by atoms with Crippen LogP contribution in [0.1, 0.15) is 69.4 Å². The molecule has 1 aromatic rings. The van der Waals surface area contributed by atoms with Crippen LogP contribution in [0.15, 0.2) is 22.3 Å². The summed E-state index contributed by atoms with van der Waals surface area (Å²) in [5, 5.41) is 0. The van der Waals surface area contributed by atoms with E-state index in [4.69, 9.17) is 9.15 Å². The van der Waals surface area contributed by atoms with Gasteiger partial charge in [-0.1, -0.05) is 32.4 Å². The van der Waals surface area contributed by atoms with Gasteiger partial charge in [-0.15, -0.1) is 0 Å². The molecule has 0 bridgehead atoms. The molecule has 1 aromatic heterocycles. The molecular weight excluding hydrogens is 276 g/mol. The minimum Gasteiger partial charge on any atom is -0.468 e. The lowest BCUT2D eigenvalue weighted by molar-refractivity contribution is -0.158. The van der Waals surface area contributed by atoms with Crippen molar-refractivity contribution in [3.05, 3.63) is 34.8 Å². The molecule has 3 nitrogen and oxygen atoms in total. The van der Waals surface area contributed by atoms with E-state index in [1.807, 2.05) is 6.92 Å². The van der Waals surface area contributed by atoms with E-state index in [1.165, 1.54) is 5.57 Å². The molecule has 0 fully saturated rings. The van der Waals surface area contributed by atoms with Crippen molar-refractivity contribution >= 4 is 5.97 Å². The number of hydrogen-bond acceptors (Lipinski definition) is 3. The number of carbonyl (C=O) groups is 1. The van der Waals surface area contributed by atoms with Crippen LogP contribution in [-0.2, 0) is 16.0 Å². The molecule has 3 atom stereocenters. The van der Waals surface area contributed by atoms with Crippen LogP contribution in [0.4, 0.5) is 0 Å². The summed E-state index contributed by atoms with van der Waals surface area (Å²) < 4.78 is 11.8. The van der Waals surface area contributed by atoms with Crippen molar-refractivity contribution < 1.29 is 13.9 Å². The van der Waals surface area contributed by atoms with Crippen molar-refractivity contribution in [1.29, 1.82) is 0 Å². The molecule has 3 heteroatoms. The van der Waals surface area contributed by atoms with Crippen LogP contribution in [0.25, 0.3) is 0 Å². The Morgan fingerprint density at radius 3 is 3.00 bits per heavy atom. The Balaban J connectivity index is 2.07. The van der Waals surface area contributed by atoms with Gasteiger partial charge in [-0.05, 0) is 37.7 Å². The maximum absolute atomic E-state index is 12.2. The molecule has 0 aliphatic heterocycles. The summed E-state index contributed by atoms with van der Waals surface area (Å²) in [5.74, 6) is 1.37. The van der Waals surface area contributed by atoms with Crippen LogP contribution in [0, 0.1) is 18.3 Å². The minimum absolute atomic E-state index is 0.0979. The van der Waals surface area contributed by atoms with Crippen LogP contribution < -0.4 is 0 Å². The molecule has 2 aliphatic rings. The molecule has 0 radical (unpaired) electrons. The molecule has 0 amide bonds.